The highest BCUT2D eigenvalue weighted by atomic mass is 35.5. The number of nitrogens with zero attached hydrogens (tertiary/aromatic N) is 1. The van der Waals surface area contributed by atoms with E-state index in [1.165, 1.54) is 4.90 Å². The van der Waals surface area contributed by atoms with E-state index in [4.69, 9.17) is 21.1 Å². The number of ether oxygens (including phenoxy) is 2. The van der Waals surface area contributed by atoms with Crippen LogP contribution < -0.4 is 19.7 Å². The number of hydrogen-bond donors (Lipinski definition) is 1. The van der Waals surface area contributed by atoms with Crippen LogP contribution in [0.4, 0.5) is 11.4 Å². The van der Waals surface area contributed by atoms with Gasteiger partial charge in [0.25, 0.3) is 11.8 Å². The summed E-state index contributed by atoms with van der Waals surface area (Å²) in [5, 5.41) is 3.70. The van der Waals surface area contributed by atoms with Crippen molar-refractivity contribution in [2.24, 2.45) is 0 Å². The Morgan fingerprint density at radius 2 is 1.59 bits per heavy atom. The van der Waals surface area contributed by atoms with Gasteiger partial charge < -0.3 is 14.8 Å². The summed E-state index contributed by atoms with van der Waals surface area (Å²) in [6, 6.07) is 19.5. The number of rotatable bonds is 4. The third-order valence-corrected chi connectivity index (χ3v) is 5.64. The molecule has 7 heteroatoms. The lowest BCUT2D eigenvalue weighted by atomic mass is 10.0. The second kappa shape index (κ2) is 8.05. The summed E-state index contributed by atoms with van der Waals surface area (Å²) >= 11 is 6.04. The van der Waals surface area contributed by atoms with E-state index in [9.17, 15) is 9.59 Å². The summed E-state index contributed by atoms with van der Waals surface area (Å²) in [4.78, 5) is 28.2. The first-order valence-corrected chi connectivity index (χ1v) is 10.5. The molecule has 2 amide bonds. The molecule has 2 aliphatic heterocycles. The topological polar surface area (TPSA) is 67.9 Å². The van der Waals surface area contributed by atoms with Crippen LogP contribution in [0, 0.1) is 6.92 Å². The monoisotopic (exact) mass is 446 g/mol. The molecule has 160 valence electrons. The molecule has 2 heterocycles. The minimum Gasteiger partial charge on any atom is -0.486 e. The zero-order chi connectivity index (χ0) is 22.2. The molecule has 3 aromatic carbocycles. The van der Waals surface area contributed by atoms with Crippen LogP contribution in [0.5, 0.6) is 11.5 Å². The van der Waals surface area contributed by atoms with Gasteiger partial charge in [-0.25, -0.2) is 4.90 Å². The number of para-hydroxylation sites is 1. The summed E-state index contributed by atoms with van der Waals surface area (Å²) in [5.41, 5.74) is 3.06. The lowest BCUT2D eigenvalue weighted by molar-refractivity contribution is -0.120. The maximum Gasteiger partial charge on any atom is 0.282 e. The van der Waals surface area contributed by atoms with E-state index in [0.29, 0.717) is 46.7 Å². The molecule has 3 aromatic rings. The van der Waals surface area contributed by atoms with E-state index < -0.39 is 11.8 Å². The lowest BCUT2D eigenvalue weighted by Gasteiger charge is -2.20. The molecule has 0 spiro atoms. The normalized spacial score (nSPS) is 15.4. The Morgan fingerprint density at radius 1 is 0.875 bits per heavy atom. The van der Waals surface area contributed by atoms with Crippen LogP contribution in [0.1, 0.15) is 11.1 Å². The SMILES string of the molecule is Cc1ccccc1N1C(=O)C(Nc2ccc3c(c2)OCCO3)=C(c2ccc(Cl)cc2)C1=O. The minimum atomic E-state index is -0.427. The lowest BCUT2D eigenvalue weighted by Crippen LogP contribution is -2.33. The van der Waals surface area contributed by atoms with E-state index in [0.717, 1.165) is 5.56 Å². The number of aryl methyl sites for hydroxylation is 1. The highest BCUT2D eigenvalue weighted by molar-refractivity contribution is 6.46. The van der Waals surface area contributed by atoms with E-state index >= 15 is 0 Å². The molecule has 6 nitrogen and oxygen atoms in total. The Hall–Kier alpha value is -3.77. The van der Waals surface area contributed by atoms with Crippen LogP contribution >= 0.6 is 11.6 Å². The fourth-order valence-corrected chi connectivity index (χ4v) is 3.95. The number of anilines is 2. The van der Waals surface area contributed by atoms with Gasteiger partial charge in [-0.3, -0.25) is 9.59 Å². The largest absolute Gasteiger partial charge is 0.486 e. The molecule has 0 aromatic heterocycles. The molecule has 0 saturated heterocycles. The Morgan fingerprint density at radius 3 is 2.34 bits per heavy atom. The number of carbonyl (C=O) groups is 2. The van der Waals surface area contributed by atoms with Crippen molar-refractivity contribution in [2.75, 3.05) is 23.4 Å². The van der Waals surface area contributed by atoms with E-state index in [1.54, 1.807) is 54.6 Å². The smallest absolute Gasteiger partial charge is 0.282 e. The fourth-order valence-electron chi connectivity index (χ4n) is 3.83. The summed E-state index contributed by atoms with van der Waals surface area (Å²) in [7, 11) is 0. The van der Waals surface area contributed by atoms with Crippen molar-refractivity contribution in [1.29, 1.82) is 0 Å². The third-order valence-electron chi connectivity index (χ3n) is 5.38. The van der Waals surface area contributed by atoms with Crippen LogP contribution in [0.25, 0.3) is 5.57 Å². The van der Waals surface area contributed by atoms with Crippen molar-refractivity contribution in [1.82, 2.24) is 0 Å². The minimum absolute atomic E-state index is 0.192. The molecule has 32 heavy (non-hydrogen) atoms. The van der Waals surface area contributed by atoms with Gasteiger partial charge in [-0.15, -0.1) is 0 Å². The summed E-state index contributed by atoms with van der Waals surface area (Å²) in [6.45, 7) is 2.81. The zero-order valence-corrected chi connectivity index (χ0v) is 18.0. The Kier molecular flexibility index (Phi) is 5.07. The summed E-state index contributed by atoms with van der Waals surface area (Å²) in [6.07, 6.45) is 0. The maximum atomic E-state index is 13.5. The predicted octanol–water partition coefficient (Wildman–Crippen LogP) is 4.82. The molecule has 0 radical (unpaired) electrons. The molecule has 2 aliphatic rings. The molecular formula is C25H19ClN2O4. The molecule has 0 fully saturated rings. The van der Waals surface area contributed by atoms with E-state index in [1.807, 2.05) is 19.1 Å². The number of carbonyl (C=O) groups excluding carboxylic acids is 2. The van der Waals surface area contributed by atoms with Gasteiger partial charge >= 0.3 is 0 Å². The van der Waals surface area contributed by atoms with Crippen molar-refractivity contribution in [3.05, 3.63) is 88.6 Å². The first-order valence-electron chi connectivity index (χ1n) is 10.1. The first-order chi connectivity index (χ1) is 15.5. The highest BCUT2D eigenvalue weighted by Gasteiger charge is 2.40. The second-order valence-corrected chi connectivity index (χ2v) is 7.91. The number of fused-ring (bicyclic) bond motifs is 1. The van der Waals surface area contributed by atoms with Crippen LogP contribution in [0.3, 0.4) is 0 Å². The van der Waals surface area contributed by atoms with Gasteiger partial charge in [-0.1, -0.05) is 41.9 Å². The van der Waals surface area contributed by atoms with Crippen LogP contribution in [0.15, 0.2) is 72.4 Å². The van der Waals surface area contributed by atoms with Crippen molar-refractivity contribution < 1.29 is 19.1 Å². The molecule has 1 N–H and O–H groups in total. The standard InChI is InChI=1S/C25H19ClN2O4/c1-15-4-2-3-5-19(15)28-24(29)22(16-6-8-17(26)9-7-16)23(25(28)30)27-18-10-11-20-21(14-18)32-13-12-31-20/h2-11,14,27H,12-13H2,1H3. The van der Waals surface area contributed by atoms with Crippen LogP contribution in [0.2, 0.25) is 5.02 Å². The summed E-state index contributed by atoms with van der Waals surface area (Å²) in [5.74, 6) is 0.405. The predicted molar refractivity (Wildman–Crippen MR) is 123 cm³/mol. The number of benzene rings is 3. The van der Waals surface area contributed by atoms with Gasteiger partial charge in [0.1, 0.15) is 18.9 Å². The van der Waals surface area contributed by atoms with Gasteiger partial charge in [0.2, 0.25) is 0 Å². The second-order valence-electron chi connectivity index (χ2n) is 7.47. The summed E-state index contributed by atoms with van der Waals surface area (Å²) < 4.78 is 11.2. The number of amides is 2. The maximum absolute atomic E-state index is 13.5. The first kappa shape index (κ1) is 20.2. The Bertz CT molecular complexity index is 1270. The average molecular weight is 447 g/mol. The number of nitrogens with one attached hydrogen (secondary N) is 1. The van der Waals surface area contributed by atoms with Crippen LogP contribution in [-0.4, -0.2) is 25.0 Å². The van der Waals surface area contributed by atoms with Crippen molar-refractivity contribution in [3.63, 3.8) is 0 Å². The molecule has 0 unspecified atom stereocenters. The van der Waals surface area contributed by atoms with E-state index in [-0.39, 0.29) is 11.3 Å². The van der Waals surface area contributed by atoms with Crippen molar-refractivity contribution in [3.8, 4) is 11.5 Å². The number of imide groups is 1. The zero-order valence-electron chi connectivity index (χ0n) is 17.2. The molecule has 0 bridgehead atoms. The third kappa shape index (κ3) is 3.48. The van der Waals surface area contributed by atoms with Crippen LogP contribution in [-0.2, 0) is 9.59 Å². The molecule has 0 atom stereocenters. The van der Waals surface area contributed by atoms with Crippen molar-refractivity contribution in [2.45, 2.75) is 6.92 Å². The average Bonchev–Trinajstić information content (AvgIpc) is 3.04. The number of hydrogen-bond acceptors (Lipinski definition) is 5. The van der Waals surface area contributed by atoms with Gasteiger partial charge in [-0.05, 0) is 48.4 Å². The van der Waals surface area contributed by atoms with Crippen molar-refractivity contribution >= 4 is 40.4 Å². The molecule has 0 saturated carbocycles. The van der Waals surface area contributed by atoms with Gasteiger partial charge in [0.15, 0.2) is 11.5 Å². The fraction of sp³-hybridized carbons (Fsp3) is 0.120. The molecule has 5 rings (SSSR count). The van der Waals surface area contributed by atoms with Gasteiger partial charge in [0, 0.05) is 16.8 Å². The highest BCUT2D eigenvalue weighted by Crippen LogP contribution is 2.37. The quantitative estimate of drug-likeness (QED) is 0.582. The molecule has 0 aliphatic carbocycles. The van der Waals surface area contributed by atoms with Gasteiger partial charge in [-0.2, -0.15) is 0 Å². The number of halogens is 1. The molecular weight excluding hydrogens is 428 g/mol. The van der Waals surface area contributed by atoms with E-state index in [2.05, 4.69) is 5.32 Å². The van der Waals surface area contributed by atoms with Gasteiger partial charge in [0.05, 0.1) is 11.3 Å². The Balaban J connectivity index is 1.60. The Labute approximate surface area is 190 Å².